The van der Waals surface area contributed by atoms with Crippen molar-refractivity contribution in [1.29, 1.82) is 0 Å². The molecule has 0 aliphatic carbocycles. The van der Waals surface area contributed by atoms with Crippen LogP contribution in [0.15, 0.2) is 48.8 Å². The van der Waals surface area contributed by atoms with Gasteiger partial charge in [-0.05, 0) is 56.9 Å². The Morgan fingerprint density at radius 2 is 1.92 bits per heavy atom. The van der Waals surface area contributed by atoms with E-state index in [-0.39, 0.29) is 10.6 Å². The molecule has 4 rings (SSSR count). The molecule has 0 atom stereocenters. The summed E-state index contributed by atoms with van der Waals surface area (Å²) in [5.41, 5.74) is 4.75. The van der Waals surface area contributed by atoms with E-state index in [1.807, 2.05) is 61.7 Å². The number of benzene rings is 2. The molecule has 0 spiro atoms. The second-order valence-corrected chi connectivity index (χ2v) is 9.41. The first kappa shape index (κ1) is 26.6. The molecule has 2 aromatic carbocycles. The molecule has 4 aromatic rings. The van der Waals surface area contributed by atoms with Gasteiger partial charge in [0.15, 0.2) is 0 Å². The standard InChI is InChI=1S/C27H31N7O4/c1-17-13-24(32(4)12-11-31(2)3)25(34(36)37)15-22(17)30-27-28-10-9-21(29-27)20-16-33(5)23-8-7-18(14-19(20)23)26(35)38-6/h7-10,13-16H,11-12H2,1-6H3,(H,28,29,30). The molecule has 0 aliphatic heterocycles. The van der Waals surface area contributed by atoms with E-state index in [1.165, 1.54) is 13.2 Å². The zero-order valence-electron chi connectivity index (χ0n) is 22.3. The largest absolute Gasteiger partial charge is 0.465 e. The maximum Gasteiger partial charge on any atom is 0.337 e. The maximum atomic E-state index is 12.1. The lowest BCUT2D eigenvalue weighted by molar-refractivity contribution is -0.384. The molecule has 0 unspecified atom stereocenters. The number of aromatic nitrogens is 3. The number of aryl methyl sites for hydroxylation is 2. The van der Waals surface area contributed by atoms with Crippen LogP contribution in [0.3, 0.4) is 0 Å². The third-order valence-corrected chi connectivity index (χ3v) is 6.40. The van der Waals surface area contributed by atoms with E-state index in [4.69, 9.17) is 4.74 Å². The maximum absolute atomic E-state index is 12.1. The van der Waals surface area contributed by atoms with Crippen molar-refractivity contribution in [3.05, 3.63) is 70.0 Å². The van der Waals surface area contributed by atoms with E-state index in [2.05, 4.69) is 15.3 Å². The van der Waals surface area contributed by atoms with Gasteiger partial charge in [0.25, 0.3) is 5.69 Å². The van der Waals surface area contributed by atoms with Gasteiger partial charge < -0.3 is 24.4 Å². The number of nitro groups is 1. The summed E-state index contributed by atoms with van der Waals surface area (Å²) in [7, 11) is 9.04. The SMILES string of the molecule is COC(=O)c1ccc2c(c1)c(-c1ccnc(Nc3cc([N+](=O)[O-])c(N(C)CCN(C)C)cc3C)n1)cn2C. The van der Waals surface area contributed by atoms with Crippen LogP contribution in [0, 0.1) is 17.0 Å². The van der Waals surface area contributed by atoms with E-state index in [1.54, 1.807) is 30.5 Å². The van der Waals surface area contributed by atoms with Crippen molar-refractivity contribution in [2.75, 3.05) is 51.6 Å². The Kier molecular flexibility index (Phi) is 7.58. The van der Waals surface area contributed by atoms with Crippen LogP contribution in [0.25, 0.3) is 22.2 Å². The summed E-state index contributed by atoms with van der Waals surface area (Å²) >= 11 is 0. The van der Waals surface area contributed by atoms with Crippen molar-refractivity contribution >= 4 is 39.9 Å². The predicted molar refractivity (Wildman–Crippen MR) is 148 cm³/mol. The minimum Gasteiger partial charge on any atom is -0.465 e. The first-order chi connectivity index (χ1) is 18.1. The molecule has 0 saturated carbocycles. The van der Waals surface area contributed by atoms with Gasteiger partial charge >= 0.3 is 5.97 Å². The van der Waals surface area contributed by atoms with Crippen LogP contribution in [-0.4, -0.2) is 71.7 Å². The molecule has 1 N–H and O–H groups in total. The third-order valence-electron chi connectivity index (χ3n) is 6.40. The van der Waals surface area contributed by atoms with Gasteiger partial charge in [0.05, 0.1) is 29.0 Å². The number of nitrogens with one attached hydrogen (secondary N) is 1. The highest BCUT2D eigenvalue weighted by Gasteiger charge is 2.21. The highest BCUT2D eigenvalue weighted by Crippen LogP contribution is 2.35. The first-order valence-corrected chi connectivity index (χ1v) is 12.0. The molecule has 2 aromatic heterocycles. The number of fused-ring (bicyclic) bond motifs is 1. The van der Waals surface area contributed by atoms with E-state index in [9.17, 15) is 14.9 Å². The monoisotopic (exact) mass is 517 g/mol. The molecule has 11 heteroatoms. The number of methoxy groups -OCH3 is 1. The van der Waals surface area contributed by atoms with Gasteiger partial charge in [0.1, 0.15) is 5.69 Å². The van der Waals surface area contributed by atoms with Crippen LogP contribution >= 0.6 is 0 Å². The van der Waals surface area contributed by atoms with Gasteiger partial charge in [-0.25, -0.2) is 14.8 Å². The average molecular weight is 518 g/mol. The Hall–Kier alpha value is -4.51. The summed E-state index contributed by atoms with van der Waals surface area (Å²) in [5.74, 6) is -0.116. The van der Waals surface area contributed by atoms with Gasteiger partial charge in [-0.2, -0.15) is 0 Å². The molecule has 0 aliphatic rings. The molecule has 198 valence electrons. The predicted octanol–water partition coefficient (Wildman–Crippen LogP) is 4.38. The number of carbonyl (C=O) groups is 1. The smallest absolute Gasteiger partial charge is 0.337 e. The van der Waals surface area contributed by atoms with Crippen LogP contribution < -0.4 is 10.2 Å². The van der Waals surface area contributed by atoms with Crippen LogP contribution in [-0.2, 0) is 11.8 Å². The average Bonchev–Trinajstić information content (AvgIpc) is 3.23. The number of nitro benzene ring substituents is 1. The molecule has 38 heavy (non-hydrogen) atoms. The molecule has 0 amide bonds. The quantitative estimate of drug-likeness (QED) is 0.196. The molecular weight excluding hydrogens is 486 g/mol. The normalized spacial score (nSPS) is 11.1. The second kappa shape index (κ2) is 10.9. The molecular formula is C27H31N7O4. The van der Waals surface area contributed by atoms with Crippen molar-refractivity contribution in [3.63, 3.8) is 0 Å². The number of carbonyl (C=O) groups excluding carboxylic acids is 1. The topological polar surface area (TPSA) is 119 Å². The summed E-state index contributed by atoms with van der Waals surface area (Å²) in [5, 5.41) is 15.9. The van der Waals surface area contributed by atoms with Crippen LogP contribution in [0.1, 0.15) is 15.9 Å². The van der Waals surface area contributed by atoms with Crippen molar-refractivity contribution in [3.8, 4) is 11.3 Å². The third kappa shape index (κ3) is 5.42. The second-order valence-electron chi connectivity index (χ2n) is 9.41. The summed E-state index contributed by atoms with van der Waals surface area (Å²) in [6.45, 7) is 3.30. The lowest BCUT2D eigenvalue weighted by Gasteiger charge is -2.22. The zero-order chi connectivity index (χ0) is 27.6. The van der Waals surface area contributed by atoms with Crippen molar-refractivity contribution in [1.82, 2.24) is 19.4 Å². The number of ether oxygens (including phenoxy) is 1. The lowest BCUT2D eigenvalue weighted by Crippen LogP contribution is -2.29. The highest BCUT2D eigenvalue weighted by atomic mass is 16.6. The van der Waals surface area contributed by atoms with E-state index in [0.29, 0.717) is 35.1 Å². The Balaban J connectivity index is 1.69. The summed E-state index contributed by atoms with van der Waals surface area (Å²) < 4.78 is 6.83. The molecule has 0 saturated heterocycles. The molecule has 11 nitrogen and oxygen atoms in total. The lowest BCUT2D eigenvalue weighted by atomic mass is 10.1. The van der Waals surface area contributed by atoms with E-state index >= 15 is 0 Å². The van der Waals surface area contributed by atoms with Crippen LogP contribution in [0.5, 0.6) is 0 Å². The summed E-state index contributed by atoms with van der Waals surface area (Å²) in [6, 6.07) is 10.5. The Bertz CT molecular complexity index is 1510. The van der Waals surface area contributed by atoms with Crippen molar-refractivity contribution in [2.24, 2.45) is 7.05 Å². The number of nitrogens with zero attached hydrogens (tertiary/aromatic N) is 6. The van der Waals surface area contributed by atoms with Crippen molar-refractivity contribution in [2.45, 2.75) is 6.92 Å². The Labute approximate surface area is 220 Å². The molecule has 2 heterocycles. The van der Waals surface area contributed by atoms with Gasteiger partial charge in [-0.15, -0.1) is 0 Å². The number of likely N-dealkylation sites (N-methyl/N-ethyl adjacent to an activating group) is 2. The Morgan fingerprint density at radius 3 is 2.61 bits per heavy atom. The molecule has 0 radical (unpaired) electrons. The van der Waals surface area contributed by atoms with Gasteiger partial charge in [-0.3, -0.25) is 10.1 Å². The first-order valence-electron chi connectivity index (χ1n) is 12.0. The minimum atomic E-state index is -0.417. The summed E-state index contributed by atoms with van der Waals surface area (Å²) in [4.78, 5) is 36.6. The van der Waals surface area contributed by atoms with E-state index in [0.717, 1.165) is 28.6 Å². The number of esters is 1. The van der Waals surface area contributed by atoms with Crippen LogP contribution in [0.2, 0.25) is 0 Å². The fourth-order valence-electron chi connectivity index (χ4n) is 4.27. The number of hydrogen-bond acceptors (Lipinski definition) is 9. The van der Waals surface area contributed by atoms with Gasteiger partial charge in [0.2, 0.25) is 5.95 Å². The van der Waals surface area contributed by atoms with Crippen LogP contribution in [0.4, 0.5) is 23.0 Å². The number of anilines is 3. The van der Waals surface area contributed by atoms with Gasteiger partial charge in [-0.1, -0.05) is 0 Å². The Morgan fingerprint density at radius 1 is 1.16 bits per heavy atom. The number of rotatable bonds is 9. The van der Waals surface area contributed by atoms with Crippen molar-refractivity contribution < 1.29 is 14.5 Å². The fraction of sp³-hybridized carbons (Fsp3) is 0.296. The van der Waals surface area contributed by atoms with E-state index < -0.39 is 5.97 Å². The molecule has 0 fully saturated rings. The zero-order valence-corrected chi connectivity index (χ0v) is 22.3. The van der Waals surface area contributed by atoms with Gasteiger partial charge in [0, 0.05) is 62.1 Å². The number of hydrogen-bond donors (Lipinski definition) is 1. The summed E-state index contributed by atoms with van der Waals surface area (Å²) in [6.07, 6.45) is 3.56. The fourth-order valence-corrected chi connectivity index (χ4v) is 4.27. The minimum absolute atomic E-state index is 0.0000891. The highest BCUT2D eigenvalue weighted by molar-refractivity contribution is 6.00. The molecule has 0 bridgehead atoms.